The van der Waals surface area contributed by atoms with Crippen LogP contribution in [-0.2, 0) is 9.59 Å². The second kappa shape index (κ2) is 8.81. The summed E-state index contributed by atoms with van der Waals surface area (Å²) in [5.74, 6) is 0.109. The van der Waals surface area contributed by atoms with Gasteiger partial charge in [-0.1, -0.05) is 36.4 Å². The SMILES string of the molecule is COc1ccc(N=C2NN(c3ccccc3)C(=O)C2(NC(C)=O)Nc2ccccc2)cc1. The largest absolute Gasteiger partial charge is 0.497 e. The fraction of sp³-hybridized carbons (Fsp3) is 0.125. The van der Waals surface area contributed by atoms with Gasteiger partial charge in [0.15, 0.2) is 5.84 Å². The molecular formula is C24H23N5O3. The molecule has 1 saturated heterocycles. The predicted octanol–water partition coefficient (Wildman–Crippen LogP) is 3.22. The molecule has 3 aromatic carbocycles. The number of hydrogen-bond donors (Lipinski definition) is 3. The monoisotopic (exact) mass is 429 g/mol. The average Bonchev–Trinajstić information content (AvgIpc) is 3.06. The van der Waals surface area contributed by atoms with Crippen LogP contribution in [0.4, 0.5) is 17.1 Å². The first-order chi connectivity index (χ1) is 15.5. The fourth-order valence-electron chi connectivity index (χ4n) is 3.42. The first kappa shape index (κ1) is 20.9. The fourth-order valence-corrected chi connectivity index (χ4v) is 3.42. The lowest BCUT2D eigenvalue weighted by molar-refractivity contribution is -0.126. The number of carbonyl (C=O) groups excluding carboxylic acids is 2. The smallest absolute Gasteiger partial charge is 0.300 e. The van der Waals surface area contributed by atoms with Crippen LogP contribution in [0.1, 0.15) is 6.92 Å². The highest BCUT2D eigenvalue weighted by atomic mass is 16.5. The molecule has 1 aliphatic rings. The molecule has 3 N–H and O–H groups in total. The minimum atomic E-state index is -1.64. The second-order valence-electron chi connectivity index (χ2n) is 7.17. The number of aliphatic imine (C=N–C) groups is 1. The third-order valence-electron chi connectivity index (χ3n) is 4.89. The van der Waals surface area contributed by atoms with Crippen molar-refractivity contribution in [2.75, 3.05) is 17.4 Å². The Hall–Kier alpha value is -4.33. The zero-order valence-corrected chi connectivity index (χ0v) is 17.7. The van der Waals surface area contributed by atoms with E-state index in [1.807, 2.05) is 48.5 Å². The van der Waals surface area contributed by atoms with E-state index in [1.165, 1.54) is 11.9 Å². The van der Waals surface area contributed by atoms with E-state index in [0.717, 1.165) is 0 Å². The number of rotatable bonds is 6. The highest BCUT2D eigenvalue weighted by Gasteiger charge is 2.54. The average molecular weight is 429 g/mol. The molecule has 32 heavy (non-hydrogen) atoms. The Morgan fingerprint density at radius 1 is 0.969 bits per heavy atom. The molecule has 0 aromatic heterocycles. The van der Waals surface area contributed by atoms with Crippen molar-refractivity contribution < 1.29 is 14.3 Å². The Balaban J connectivity index is 1.84. The molecule has 0 spiro atoms. The van der Waals surface area contributed by atoms with Crippen LogP contribution in [0.15, 0.2) is 89.9 Å². The maximum absolute atomic E-state index is 13.8. The summed E-state index contributed by atoms with van der Waals surface area (Å²) in [6, 6.07) is 25.4. The molecule has 1 unspecified atom stereocenters. The number of anilines is 2. The number of ether oxygens (including phenoxy) is 1. The Bertz CT molecular complexity index is 1130. The van der Waals surface area contributed by atoms with Gasteiger partial charge in [0.25, 0.3) is 11.6 Å². The summed E-state index contributed by atoms with van der Waals surface area (Å²) in [5.41, 5.74) is 3.28. The highest BCUT2D eigenvalue weighted by molar-refractivity contribution is 6.26. The standard InChI is InChI=1S/C24H23N5O3/c1-17(30)26-24(27-19-9-5-3-6-10-19)22(25-18-13-15-21(32-2)16-14-18)28-29(23(24)31)20-11-7-4-8-12-20/h3-16,27H,1-2H3,(H,25,28)(H,26,30). The van der Waals surface area contributed by atoms with Crippen molar-refractivity contribution in [3.8, 4) is 5.75 Å². The van der Waals surface area contributed by atoms with Crippen molar-refractivity contribution in [1.29, 1.82) is 0 Å². The van der Waals surface area contributed by atoms with Crippen molar-refractivity contribution in [3.63, 3.8) is 0 Å². The first-order valence-electron chi connectivity index (χ1n) is 10.0. The van der Waals surface area contributed by atoms with E-state index in [1.54, 1.807) is 43.5 Å². The molecule has 162 valence electrons. The van der Waals surface area contributed by atoms with Gasteiger partial charge in [0, 0.05) is 12.6 Å². The maximum Gasteiger partial charge on any atom is 0.300 e. The number of nitrogens with one attached hydrogen (secondary N) is 3. The molecular weight excluding hydrogens is 406 g/mol. The summed E-state index contributed by atoms with van der Waals surface area (Å²) in [6.07, 6.45) is 0. The molecule has 1 aliphatic heterocycles. The van der Waals surface area contributed by atoms with Crippen molar-refractivity contribution >= 4 is 34.7 Å². The summed E-state index contributed by atoms with van der Waals surface area (Å²) >= 11 is 0. The molecule has 2 amide bonds. The van der Waals surface area contributed by atoms with Crippen molar-refractivity contribution in [3.05, 3.63) is 84.9 Å². The minimum Gasteiger partial charge on any atom is -0.497 e. The third kappa shape index (κ3) is 4.11. The molecule has 0 saturated carbocycles. The van der Waals surface area contributed by atoms with Crippen LogP contribution in [0.3, 0.4) is 0 Å². The molecule has 1 atom stereocenters. The van der Waals surface area contributed by atoms with E-state index in [9.17, 15) is 9.59 Å². The zero-order valence-electron chi connectivity index (χ0n) is 17.7. The van der Waals surface area contributed by atoms with Crippen molar-refractivity contribution in [2.45, 2.75) is 12.6 Å². The number of hydrazine groups is 1. The molecule has 8 heteroatoms. The highest BCUT2D eigenvalue weighted by Crippen LogP contribution is 2.28. The minimum absolute atomic E-state index is 0.232. The zero-order chi connectivity index (χ0) is 22.6. The van der Waals surface area contributed by atoms with E-state index in [0.29, 0.717) is 22.8 Å². The molecule has 1 fully saturated rings. The number of hydrogen-bond acceptors (Lipinski definition) is 5. The summed E-state index contributed by atoms with van der Waals surface area (Å²) in [7, 11) is 1.58. The number of para-hydroxylation sites is 2. The number of amides is 2. The number of methoxy groups -OCH3 is 1. The van der Waals surface area contributed by atoms with Gasteiger partial charge in [-0.3, -0.25) is 15.0 Å². The van der Waals surface area contributed by atoms with Crippen LogP contribution in [0.25, 0.3) is 0 Å². The van der Waals surface area contributed by atoms with Crippen LogP contribution in [0.2, 0.25) is 0 Å². The molecule has 0 radical (unpaired) electrons. The van der Waals surface area contributed by atoms with E-state index < -0.39 is 11.6 Å². The van der Waals surface area contributed by atoms with Gasteiger partial charge in [-0.15, -0.1) is 0 Å². The summed E-state index contributed by atoms with van der Waals surface area (Å²) in [5, 5.41) is 7.34. The Morgan fingerprint density at radius 3 is 2.19 bits per heavy atom. The normalized spacial score (nSPS) is 18.9. The second-order valence-corrected chi connectivity index (χ2v) is 7.17. The van der Waals surface area contributed by atoms with Crippen molar-refractivity contribution in [1.82, 2.24) is 10.7 Å². The molecule has 4 rings (SSSR count). The molecule has 8 nitrogen and oxygen atoms in total. The van der Waals surface area contributed by atoms with Gasteiger partial charge in [0.2, 0.25) is 5.91 Å². The Kier molecular flexibility index (Phi) is 5.76. The first-order valence-corrected chi connectivity index (χ1v) is 10.0. The number of amidine groups is 1. The van der Waals surface area contributed by atoms with E-state index in [4.69, 9.17) is 4.74 Å². The topological polar surface area (TPSA) is 95.1 Å². The Labute approximate surface area is 185 Å². The van der Waals surface area contributed by atoms with Crippen LogP contribution in [0.5, 0.6) is 5.75 Å². The van der Waals surface area contributed by atoms with E-state index in [2.05, 4.69) is 21.1 Å². The number of carbonyl (C=O) groups is 2. The van der Waals surface area contributed by atoms with Crippen LogP contribution in [-0.4, -0.2) is 30.4 Å². The quantitative estimate of drug-likeness (QED) is 0.523. The molecule has 0 bridgehead atoms. The number of nitrogens with zero attached hydrogens (tertiary/aromatic N) is 2. The van der Waals surface area contributed by atoms with Gasteiger partial charge in [-0.05, 0) is 48.5 Å². The lowest BCUT2D eigenvalue weighted by Crippen LogP contribution is -2.63. The lowest BCUT2D eigenvalue weighted by atomic mass is 10.1. The number of benzene rings is 3. The molecule has 0 aliphatic carbocycles. The van der Waals surface area contributed by atoms with Gasteiger partial charge in [-0.25, -0.2) is 10.0 Å². The van der Waals surface area contributed by atoms with Gasteiger partial charge in [0.05, 0.1) is 18.5 Å². The molecule has 1 heterocycles. The predicted molar refractivity (Wildman–Crippen MR) is 124 cm³/mol. The van der Waals surface area contributed by atoms with Crippen LogP contribution >= 0.6 is 0 Å². The third-order valence-corrected chi connectivity index (χ3v) is 4.89. The van der Waals surface area contributed by atoms with Gasteiger partial charge >= 0.3 is 0 Å². The summed E-state index contributed by atoms with van der Waals surface area (Å²) in [6.45, 7) is 1.36. The Morgan fingerprint density at radius 2 is 1.59 bits per heavy atom. The van der Waals surface area contributed by atoms with Crippen LogP contribution in [0, 0.1) is 0 Å². The maximum atomic E-state index is 13.8. The van der Waals surface area contributed by atoms with Crippen LogP contribution < -0.4 is 25.8 Å². The van der Waals surface area contributed by atoms with Gasteiger partial charge in [0.1, 0.15) is 5.75 Å². The lowest BCUT2D eigenvalue weighted by Gasteiger charge is -2.29. The van der Waals surface area contributed by atoms with Gasteiger partial charge in [-0.2, -0.15) is 0 Å². The molecule has 3 aromatic rings. The van der Waals surface area contributed by atoms with E-state index >= 15 is 0 Å². The summed E-state index contributed by atoms with van der Waals surface area (Å²) < 4.78 is 5.21. The van der Waals surface area contributed by atoms with E-state index in [-0.39, 0.29) is 11.7 Å². The van der Waals surface area contributed by atoms with Crippen molar-refractivity contribution in [2.24, 2.45) is 4.99 Å². The van der Waals surface area contributed by atoms with Gasteiger partial charge < -0.3 is 15.4 Å². The summed E-state index contributed by atoms with van der Waals surface area (Å²) in [4.78, 5) is 30.7.